The molecule has 1 aliphatic heterocycles. The fraction of sp³-hybridized carbons (Fsp3) is 1.00. The van der Waals surface area contributed by atoms with E-state index in [0.717, 1.165) is 0 Å². The van der Waals surface area contributed by atoms with Gasteiger partial charge in [-0.25, -0.2) is 0 Å². The first-order valence-electron chi connectivity index (χ1n) is 5.08. The molecular weight excluding hydrogens is 288 g/mol. The molecule has 2 atom stereocenters. The molecule has 2 unspecified atom stereocenters. The van der Waals surface area contributed by atoms with Gasteiger partial charge in [0, 0.05) is 0 Å². The summed E-state index contributed by atoms with van der Waals surface area (Å²) < 4.78 is 22.5. The van der Waals surface area contributed by atoms with Crippen molar-refractivity contribution in [3.63, 3.8) is 0 Å². The minimum Gasteiger partial charge on any atom is -0.324 e. The number of hydrogen-bond donors (Lipinski definition) is 6. The average molecular weight is 305 g/mol. The van der Waals surface area contributed by atoms with Crippen molar-refractivity contribution in [1.82, 2.24) is 5.32 Å². The maximum Gasteiger partial charge on any atom is 0.341 e. The quantitative estimate of drug-likeness (QED) is 0.314. The Labute approximate surface area is 105 Å². The van der Waals surface area contributed by atoms with Gasteiger partial charge in [-0.15, -0.1) is 0 Å². The summed E-state index contributed by atoms with van der Waals surface area (Å²) in [5.74, 6) is -0.154. The predicted octanol–water partition coefficient (Wildman–Crippen LogP) is -0.177. The van der Waals surface area contributed by atoms with E-state index in [9.17, 15) is 9.13 Å². The van der Waals surface area contributed by atoms with Crippen molar-refractivity contribution in [2.45, 2.75) is 11.8 Å². The molecule has 1 heterocycles. The Kier molecular flexibility index (Phi) is 5.27. The largest absolute Gasteiger partial charge is 0.341 e. The SMILES string of the molecule is O=P(O)(O)C(C1CNCC(CS)C1)P(=O)(O)O. The van der Waals surface area contributed by atoms with Crippen molar-refractivity contribution in [2.75, 3.05) is 18.8 Å². The molecule has 1 aliphatic rings. The second-order valence-electron chi connectivity index (χ2n) is 4.29. The van der Waals surface area contributed by atoms with Gasteiger partial charge in [-0.3, -0.25) is 9.13 Å². The summed E-state index contributed by atoms with van der Waals surface area (Å²) in [4.78, 5) is 36.4. The number of piperidine rings is 1. The van der Waals surface area contributed by atoms with E-state index in [1.807, 2.05) is 0 Å². The zero-order valence-electron chi connectivity index (χ0n) is 9.01. The van der Waals surface area contributed by atoms with Gasteiger partial charge in [0.2, 0.25) is 0 Å². The lowest BCUT2D eigenvalue weighted by Gasteiger charge is -2.34. The van der Waals surface area contributed by atoms with Gasteiger partial charge in [0.25, 0.3) is 0 Å². The molecule has 0 aromatic heterocycles. The van der Waals surface area contributed by atoms with E-state index in [4.69, 9.17) is 19.6 Å². The van der Waals surface area contributed by atoms with Crippen LogP contribution in [0.2, 0.25) is 0 Å². The third kappa shape index (κ3) is 4.33. The highest BCUT2D eigenvalue weighted by Crippen LogP contribution is 2.63. The summed E-state index contributed by atoms with van der Waals surface area (Å²) in [5, 5.41) is 1.01. The molecule has 0 bridgehead atoms. The van der Waals surface area contributed by atoms with E-state index in [1.54, 1.807) is 0 Å². The molecule has 1 saturated heterocycles. The lowest BCUT2D eigenvalue weighted by atomic mass is 9.93. The maximum absolute atomic E-state index is 11.2. The van der Waals surface area contributed by atoms with Crippen LogP contribution < -0.4 is 5.32 Å². The fourth-order valence-corrected chi connectivity index (χ4v) is 5.58. The fourth-order valence-electron chi connectivity index (χ4n) is 2.18. The van der Waals surface area contributed by atoms with Gasteiger partial charge in [-0.2, -0.15) is 12.6 Å². The maximum atomic E-state index is 11.2. The van der Waals surface area contributed by atoms with E-state index in [1.165, 1.54) is 0 Å². The van der Waals surface area contributed by atoms with Gasteiger partial charge in [0.05, 0.1) is 0 Å². The summed E-state index contributed by atoms with van der Waals surface area (Å²) >= 11 is 4.09. The van der Waals surface area contributed by atoms with E-state index in [0.29, 0.717) is 18.7 Å². The topological polar surface area (TPSA) is 127 Å². The molecule has 0 spiro atoms. The second kappa shape index (κ2) is 5.72. The monoisotopic (exact) mass is 305 g/mol. The van der Waals surface area contributed by atoms with Crippen LogP contribution in [0.25, 0.3) is 0 Å². The van der Waals surface area contributed by atoms with Crippen molar-refractivity contribution >= 4 is 27.8 Å². The molecule has 1 fully saturated rings. The molecule has 0 radical (unpaired) electrons. The standard InChI is InChI=1S/C7H17NO6P2S/c9-15(10,11)7(16(12,13)14)6-1-5(4-17)2-8-3-6/h5-8,17H,1-4H2,(H2,9,10,11)(H2,12,13,14). The average Bonchev–Trinajstić information content (AvgIpc) is 2.13. The highest BCUT2D eigenvalue weighted by molar-refractivity contribution is 7.80. The molecule has 5 N–H and O–H groups in total. The van der Waals surface area contributed by atoms with Crippen molar-refractivity contribution in [3.8, 4) is 0 Å². The number of thiol groups is 1. The minimum atomic E-state index is -4.83. The first-order valence-corrected chi connectivity index (χ1v) is 9.08. The third-order valence-electron chi connectivity index (χ3n) is 2.84. The number of rotatable bonds is 4. The molecule has 0 aliphatic carbocycles. The van der Waals surface area contributed by atoms with E-state index in [2.05, 4.69) is 17.9 Å². The summed E-state index contributed by atoms with van der Waals surface area (Å²) in [6, 6.07) is 0. The smallest absolute Gasteiger partial charge is 0.324 e. The van der Waals surface area contributed by atoms with Crippen molar-refractivity contribution in [3.05, 3.63) is 0 Å². The van der Waals surface area contributed by atoms with Crippen molar-refractivity contribution in [1.29, 1.82) is 0 Å². The normalized spacial score (nSPS) is 27.4. The predicted molar refractivity (Wildman–Crippen MR) is 66.2 cm³/mol. The number of nitrogens with one attached hydrogen (secondary N) is 1. The molecule has 102 valence electrons. The van der Waals surface area contributed by atoms with Gasteiger partial charge >= 0.3 is 15.2 Å². The lowest BCUT2D eigenvalue weighted by Crippen LogP contribution is -2.41. The molecule has 0 aromatic rings. The van der Waals surface area contributed by atoms with Crippen LogP contribution in [0.5, 0.6) is 0 Å². The zero-order chi connectivity index (χ0) is 13.3. The van der Waals surface area contributed by atoms with Crippen LogP contribution >= 0.6 is 27.8 Å². The Morgan fingerprint density at radius 3 is 2.12 bits per heavy atom. The van der Waals surface area contributed by atoms with Gasteiger partial charge in [-0.05, 0) is 37.1 Å². The summed E-state index contributed by atoms with van der Waals surface area (Å²) in [6.07, 6.45) is 0.359. The van der Waals surface area contributed by atoms with Crippen molar-refractivity contribution < 1.29 is 28.7 Å². The van der Waals surface area contributed by atoms with Gasteiger partial charge in [0.1, 0.15) is 0 Å². The molecule has 17 heavy (non-hydrogen) atoms. The van der Waals surface area contributed by atoms with Gasteiger partial charge in [0.15, 0.2) is 5.40 Å². The van der Waals surface area contributed by atoms with E-state index < -0.39 is 26.5 Å². The first kappa shape index (κ1) is 15.7. The molecule has 0 aromatic carbocycles. The molecule has 0 saturated carbocycles. The zero-order valence-corrected chi connectivity index (χ0v) is 11.7. The first-order chi connectivity index (χ1) is 7.66. The Bertz CT molecular complexity index is 332. The second-order valence-corrected chi connectivity index (χ2v) is 8.54. The lowest BCUT2D eigenvalue weighted by molar-refractivity contribution is 0.267. The van der Waals surface area contributed by atoms with Crippen LogP contribution in [-0.4, -0.2) is 43.8 Å². The summed E-state index contributed by atoms with van der Waals surface area (Å²) in [7, 11) is -9.66. The molecule has 1 rings (SSSR count). The molecule has 10 heteroatoms. The Morgan fingerprint density at radius 1 is 1.18 bits per heavy atom. The third-order valence-corrected chi connectivity index (χ3v) is 7.39. The van der Waals surface area contributed by atoms with E-state index in [-0.39, 0.29) is 12.5 Å². The summed E-state index contributed by atoms with van der Waals surface area (Å²) in [5.41, 5.74) is 0. The Hall–Kier alpha value is 0.610. The van der Waals surface area contributed by atoms with Gasteiger partial charge < -0.3 is 24.9 Å². The van der Waals surface area contributed by atoms with Crippen LogP contribution in [0.15, 0.2) is 0 Å². The van der Waals surface area contributed by atoms with E-state index >= 15 is 0 Å². The van der Waals surface area contributed by atoms with Crippen LogP contribution in [0.4, 0.5) is 0 Å². The molecule has 7 nitrogen and oxygen atoms in total. The van der Waals surface area contributed by atoms with Crippen molar-refractivity contribution in [2.24, 2.45) is 11.8 Å². The minimum absolute atomic E-state index is 0.0673. The number of hydrogen-bond acceptors (Lipinski definition) is 4. The molecule has 0 amide bonds. The van der Waals surface area contributed by atoms with Crippen LogP contribution in [0.3, 0.4) is 0 Å². The highest BCUT2D eigenvalue weighted by Gasteiger charge is 2.49. The van der Waals surface area contributed by atoms with Gasteiger partial charge in [-0.1, -0.05) is 0 Å². The summed E-state index contributed by atoms with van der Waals surface area (Å²) in [6.45, 7) is 0.847. The highest BCUT2D eigenvalue weighted by atomic mass is 32.1. The van der Waals surface area contributed by atoms with Crippen LogP contribution in [0, 0.1) is 11.8 Å². The Morgan fingerprint density at radius 2 is 1.71 bits per heavy atom. The molecular formula is C7H17NO6P2S. The van der Waals surface area contributed by atoms with Crippen LogP contribution in [-0.2, 0) is 9.13 Å². The Balaban J connectivity index is 2.92. The van der Waals surface area contributed by atoms with Crippen LogP contribution in [0.1, 0.15) is 6.42 Å².